The molecule has 106 valence electrons. The van der Waals surface area contributed by atoms with Crippen LogP contribution in [0.2, 0.25) is 0 Å². The first kappa shape index (κ1) is 14.3. The van der Waals surface area contributed by atoms with E-state index < -0.39 is 0 Å². The monoisotopic (exact) mass is 254 g/mol. The Morgan fingerprint density at radius 1 is 1.22 bits per heavy atom. The maximum atomic E-state index is 6.03. The van der Waals surface area contributed by atoms with Gasteiger partial charge in [-0.2, -0.15) is 0 Å². The second-order valence-corrected chi connectivity index (χ2v) is 6.18. The van der Waals surface area contributed by atoms with Crippen molar-refractivity contribution in [2.24, 2.45) is 17.6 Å². The van der Waals surface area contributed by atoms with Gasteiger partial charge in [-0.1, -0.05) is 0 Å². The van der Waals surface area contributed by atoms with Crippen molar-refractivity contribution in [1.82, 2.24) is 15.1 Å². The molecule has 4 heteroatoms. The smallest absolute Gasteiger partial charge is 0.0107 e. The van der Waals surface area contributed by atoms with Gasteiger partial charge in [0.2, 0.25) is 0 Å². The van der Waals surface area contributed by atoms with Gasteiger partial charge in [0.05, 0.1) is 0 Å². The fourth-order valence-electron chi connectivity index (χ4n) is 3.31. The van der Waals surface area contributed by atoms with Gasteiger partial charge in [-0.25, -0.2) is 0 Å². The average Bonchev–Trinajstić information content (AvgIpc) is 2.87. The highest BCUT2D eigenvalue weighted by Gasteiger charge is 2.30. The standard InChI is InChI=1S/C14H30N4/c1-12(2)18-6-3-13(11-18)14(9-15)10-17-7-4-16-5-8-17/h12-14,16H,3-11,15H2,1-2H3. The molecule has 2 atom stereocenters. The Balaban J connectivity index is 1.81. The fourth-order valence-corrected chi connectivity index (χ4v) is 3.31. The summed E-state index contributed by atoms with van der Waals surface area (Å²) in [6.45, 7) is 13.8. The van der Waals surface area contributed by atoms with Gasteiger partial charge in [-0.15, -0.1) is 0 Å². The first-order valence-corrected chi connectivity index (χ1v) is 7.58. The van der Waals surface area contributed by atoms with Crippen molar-refractivity contribution < 1.29 is 0 Å². The summed E-state index contributed by atoms with van der Waals surface area (Å²) in [7, 11) is 0. The van der Waals surface area contributed by atoms with Crippen molar-refractivity contribution in [3.05, 3.63) is 0 Å². The first-order valence-electron chi connectivity index (χ1n) is 7.58. The van der Waals surface area contributed by atoms with Gasteiger partial charge in [-0.05, 0) is 45.2 Å². The summed E-state index contributed by atoms with van der Waals surface area (Å²) < 4.78 is 0. The molecule has 2 fully saturated rings. The lowest BCUT2D eigenvalue weighted by atomic mass is 9.91. The number of nitrogens with one attached hydrogen (secondary N) is 1. The Morgan fingerprint density at radius 3 is 2.50 bits per heavy atom. The van der Waals surface area contributed by atoms with Crippen LogP contribution in [-0.4, -0.2) is 68.2 Å². The summed E-state index contributed by atoms with van der Waals surface area (Å²) in [6.07, 6.45) is 1.34. The Kier molecular flexibility index (Phi) is 5.42. The number of nitrogens with two attached hydrogens (primary N) is 1. The van der Waals surface area contributed by atoms with Gasteiger partial charge in [0.1, 0.15) is 0 Å². The van der Waals surface area contributed by atoms with Crippen LogP contribution in [0.15, 0.2) is 0 Å². The lowest BCUT2D eigenvalue weighted by Crippen LogP contribution is -2.47. The molecular weight excluding hydrogens is 224 g/mol. The van der Waals surface area contributed by atoms with E-state index in [0.29, 0.717) is 12.0 Å². The lowest BCUT2D eigenvalue weighted by Gasteiger charge is -2.33. The number of nitrogens with zero attached hydrogens (tertiary/aromatic N) is 2. The molecule has 0 amide bonds. The van der Waals surface area contributed by atoms with Crippen molar-refractivity contribution in [3.8, 4) is 0 Å². The number of hydrogen-bond acceptors (Lipinski definition) is 4. The van der Waals surface area contributed by atoms with Crippen molar-refractivity contribution in [2.75, 3.05) is 52.4 Å². The Morgan fingerprint density at radius 2 is 1.94 bits per heavy atom. The largest absolute Gasteiger partial charge is 0.330 e. The highest BCUT2D eigenvalue weighted by Crippen LogP contribution is 2.26. The molecule has 2 rings (SSSR count). The number of rotatable bonds is 5. The van der Waals surface area contributed by atoms with E-state index in [1.54, 1.807) is 0 Å². The zero-order valence-electron chi connectivity index (χ0n) is 12.1. The molecule has 0 radical (unpaired) electrons. The minimum absolute atomic E-state index is 0.687. The molecule has 4 nitrogen and oxygen atoms in total. The first-order chi connectivity index (χ1) is 8.70. The molecule has 0 aromatic carbocycles. The van der Waals surface area contributed by atoms with Crippen LogP contribution in [0.1, 0.15) is 20.3 Å². The normalized spacial score (nSPS) is 29.0. The summed E-state index contributed by atoms with van der Waals surface area (Å²) in [4.78, 5) is 5.19. The summed E-state index contributed by atoms with van der Waals surface area (Å²) in [5.41, 5.74) is 6.03. The molecule has 18 heavy (non-hydrogen) atoms. The molecule has 2 aliphatic heterocycles. The lowest BCUT2D eigenvalue weighted by molar-refractivity contribution is 0.170. The summed E-state index contributed by atoms with van der Waals surface area (Å²) >= 11 is 0. The van der Waals surface area contributed by atoms with Crippen molar-refractivity contribution in [3.63, 3.8) is 0 Å². The molecule has 2 unspecified atom stereocenters. The molecule has 0 bridgehead atoms. The zero-order chi connectivity index (χ0) is 13.0. The Labute approximate surface area is 112 Å². The third kappa shape index (κ3) is 3.67. The number of piperazine rings is 1. The van der Waals surface area contributed by atoms with E-state index in [-0.39, 0.29) is 0 Å². The molecular formula is C14H30N4. The van der Waals surface area contributed by atoms with E-state index in [1.807, 2.05) is 0 Å². The van der Waals surface area contributed by atoms with Gasteiger partial charge in [-0.3, -0.25) is 0 Å². The predicted octanol–water partition coefficient (Wildman–Crippen LogP) is 0.197. The van der Waals surface area contributed by atoms with E-state index in [0.717, 1.165) is 25.6 Å². The molecule has 2 aliphatic rings. The van der Waals surface area contributed by atoms with Gasteiger partial charge < -0.3 is 20.9 Å². The van der Waals surface area contributed by atoms with Crippen LogP contribution < -0.4 is 11.1 Å². The van der Waals surface area contributed by atoms with Crippen molar-refractivity contribution in [2.45, 2.75) is 26.3 Å². The second kappa shape index (κ2) is 6.85. The zero-order valence-corrected chi connectivity index (χ0v) is 12.1. The van der Waals surface area contributed by atoms with Crippen LogP contribution in [0.5, 0.6) is 0 Å². The van der Waals surface area contributed by atoms with E-state index in [1.165, 1.54) is 39.1 Å². The Bertz CT molecular complexity index is 238. The van der Waals surface area contributed by atoms with Gasteiger partial charge in [0.25, 0.3) is 0 Å². The topological polar surface area (TPSA) is 44.5 Å². The van der Waals surface area contributed by atoms with Gasteiger partial charge in [0.15, 0.2) is 0 Å². The molecule has 2 saturated heterocycles. The van der Waals surface area contributed by atoms with Crippen LogP contribution in [-0.2, 0) is 0 Å². The molecule has 0 aliphatic carbocycles. The van der Waals surface area contributed by atoms with Gasteiger partial charge >= 0.3 is 0 Å². The summed E-state index contributed by atoms with van der Waals surface area (Å²) in [5.74, 6) is 1.50. The number of hydrogen-bond donors (Lipinski definition) is 2. The van der Waals surface area contributed by atoms with Crippen LogP contribution in [0.3, 0.4) is 0 Å². The Hall–Kier alpha value is -0.160. The summed E-state index contributed by atoms with van der Waals surface area (Å²) in [6, 6.07) is 0.688. The third-order valence-corrected chi connectivity index (χ3v) is 4.66. The number of likely N-dealkylation sites (tertiary alicyclic amines) is 1. The van der Waals surface area contributed by atoms with Crippen LogP contribution in [0, 0.1) is 11.8 Å². The fraction of sp³-hybridized carbons (Fsp3) is 1.00. The van der Waals surface area contributed by atoms with Crippen molar-refractivity contribution >= 4 is 0 Å². The molecule has 2 heterocycles. The van der Waals surface area contributed by atoms with E-state index in [2.05, 4.69) is 29.0 Å². The quantitative estimate of drug-likeness (QED) is 0.735. The molecule has 0 spiro atoms. The minimum Gasteiger partial charge on any atom is -0.330 e. The SMILES string of the molecule is CC(C)N1CCC(C(CN)CN2CCNCC2)C1. The van der Waals surface area contributed by atoms with Crippen molar-refractivity contribution in [1.29, 1.82) is 0 Å². The third-order valence-electron chi connectivity index (χ3n) is 4.66. The van der Waals surface area contributed by atoms with E-state index in [9.17, 15) is 0 Å². The molecule has 0 aromatic heterocycles. The summed E-state index contributed by atoms with van der Waals surface area (Å²) in [5, 5.41) is 3.42. The maximum Gasteiger partial charge on any atom is 0.0107 e. The second-order valence-electron chi connectivity index (χ2n) is 6.18. The van der Waals surface area contributed by atoms with E-state index >= 15 is 0 Å². The molecule has 0 saturated carbocycles. The minimum atomic E-state index is 0.687. The van der Waals surface area contributed by atoms with Crippen LogP contribution >= 0.6 is 0 Å². The molecule has 3 N–H and O–H groups in total. The maximum absolute atomic E-state index is 6.03. The average molecular weight is 254 g/mol. The van der Waals surface area contributed by atoms with E-state index in [4.69, 9.17) is 5.73 Å². The van der Waals surface area contributed by atoms with Gasteiger partial charge in [0, 0.05) is 45.3 Å². The highest BCUT2D eigenvalue weighted by atomic mass is 15.2. The van der Waals surface area contributed by atoms with Crippen LogP contribution in [0.4, 0.5) is 0 Å². The predicted molar refractivity (Wildman–Crippen MR) is 76.7 cm³/mol. The van der Waals surface area contributed by atoms with Crippen LogP contribution in [0.25, 0.3) is 0 Å². The highest BCUT2D eigenvalue weighted by molar-refractivity contribution is 4.85. The molecule has 0 aromatic rings.